The van der Waals surface area contributed by atoms with Crippen molar-refractivity contribution in [3.63, 3.8) is 0 Å². The van der Waals surface area contributed by atoms with Gasteiger partial charge in [0, 0.05) is 0 Å². The Morgan fingerprint density at radius 1 is 0.421 bits per heavy atom. The van der Waals surface area contributed by atoms with Crippen molar-refractivity contribution in [1.82, 2.24) is 0 Å². The van der Waals surface area contributed by atoms with Crippen LogP contribution in [0.4, 0.5) is 4.53 Å². The van der Waals surface area contributed by atoms with Crippen LogP contribution in [-0.4, -0.2) is 12.8 Å². The fourth-order valence-corrected chi connectivity index (χ4v) is 6.55. The number of rotatable bonds is 33. The fourth-order valence-electron chi connectivity index (χ4n) is 5.30. The van der Waals surface area contributed by atoms with Crippen molar-refractivity contribution in [3.8, 4) is 0 Å². The molecule has 3 nitrogen and oxygen atoms in total. The van der Waals surface area contributed by atoms with Crippen LogP contribution in [0.5, 0.6) is 0 Å². The summed E-state index contributed by atoms with van der Waals surface area (Å²) in [7, 11) is -3.54. The van der Waals surface area contributed by atoms with Crippen molar-refractivity contribution < 1.29 is 18.3 Å². The lowest BCUT2D eigenvalue weighted by atomic mass is 10.0. The minimum absolute atomic E-state index is 0.209. The second-order valence-corrected chi connectivity index (χ2v) is 13.8. The molecule has 0 saturated carbocycles. The van der Waals surface area contributed by atoms with Gasteiger partial charge >= 0.3 is 7.60 Å². The standard InChI is InChI=1S/C33H68FO3P/c1-3-5-7-9-11-13-15-17-18-19-21-23-25-27-29-31-33-38(35,37-34)36-32-30-28-26-24-22-20-16-14-12-10-8-6-4-2/h3-33H2,1-2H3. The maximum Gasteiger partial charge on any atom is 0.363 e. The molecule has 0 aromatic rings. The van der Waals surface area contributed by atoms with Crippen LogP contribution in [0.15, 0.2) is 0 Å². The molecule has 0 saturated heterocycles. The first-order chi connectivity index (χ1) is 18.7. The molecule has 0 bridgehead atoms. The zero-order chi connectivity index (χ0) is 27.8. The van der Waals surface area contributed by atoms with E-state index in [1.165, 1.54) is 154 Å². The van der Waals surface area contributed by atoms with Crippen LogP contribution in [-0.2, 0) is 13.8 Å². The van der Waals surface area contributed by atoms with Gasteiger partial charge in [0.05, 0.1) is 12.8 Å². The van der Waals surface area contributed by atoms with Crippen molar-refractivity contribution in [3.05, 3.63) is 0 Å². The molecular formula is C33H68FO3P. The number of unbranched alkanes of at least 4 members (excludes halogenated alkanes) is 27. The smallest absolute Gasteiger partial charge is 0.307 e. The Bertz CT molecular complexity index is 489. The highest BCUT2D eigenvalue weighted by Gasteiger charge is 2.25. The molecule has 38 heavy (non-hydrogen) atoms. The van der Waals surface area contributed by atoms with Gasteiger partial charge in [-0.05, 0) is 17.4 Å². The zero-order valence-electron chi connectivity index (χ0n) is 26.0. The molecule has 0 heterocycles. The highest BCUT2D eigenvalue weighted by molar-refractivity contribution is 7.53. The van der Waals surface area contributed by atoms with Crippen LogP contribution in [0.25, 0.3) is 0 Å². The predicted octanol–water partition coefficient (Wildman–Crippen LogP) is 13.4. The summed E-state index contributed by atoms with van der Waals surface area (Å²) in [6.07, 6.45) is 37.4. The molecule has 0 spiro atoms. The van der Waals surface area contributed by atoms with Crippen molar-refractivity contribution >= 4 is 7.60 Å². The van der Waals surface area contributed by atoms with E-state index in [-0.39, 0.29) is 6.16 Å². The van der Waals surface area contributed by atoms with Gasteiger partial charge in [0.15, 0.2) is 0 Å². The van der Waals surface area contributed by atoms with Crippen molar-refractivity contribution in [1.29, 1.82) is 0 Å². The quantitative estimate of drug-likeness (QED) is 0.0589. The Balaban J connectivity index is 3.40. The first-order valence-electron chi connectivity index (χ1n) is 17.2. The average Bonchev–Trinajstić information content (AvgIpc) is 2.93. The van der Waals surface area contributed by atoms with Gasteiger partial charge in [-0.3, -0.25) is 4.57 Å². The Kier molecular flexibility index (Phi) is 31.7. The van der Waals surface area contributed by atoms with Gasteiger partial charge < -0.3 is 4.52 Å². The van der Waals surface area contributed by atoms with E-state index in [2.05, 4.69) is 18.6 Å². The largest absolute Gasteiger partial charge is 0.363 e. The van der Waals surface area contributed by atoms with Crippen molar-refractivity contribution in [2.45, 2.75) is 200 Å². The van der Waals surface area contributed by atoms with E-state index in [9.17, 15) is 9.09 Å². The summed E-state index contributed by atoms with van der Waals surface area (Å²) >= 11 is 0. The lowest BCUT2D eigenvalue weighted by molar-refractivity contribution is -0.0266. The lowest BCUT2D eigenvalue weighted by Gasteiger charge is -2.13. The van der Waals surface area contributed by atoms with Gasteiger partial charge in [-0.2, -0.15) is 0 Å². The van der Waals surface area contributed by atoms with E-state index in [1.807, 2.05) is 0 Å². The number of halogens is 1. The van der Waals surface area contributed by atoms with Crippen LogP contribution in [0.1, 0.15) is 200 Å². The highest BCUT2D eigenvalue weighted by atomic mass is 31.2. The summed E-state index contributed by atoms with van der Waals surface area (Å²) < 4.78 is 34.5. The van der Waals surface area contributed by atoms with Crippen LogP contribution in [0.3, 0.4) is 0 Å². The molecule has 1 unspecified atom stereocenters. The molecule has 1 atom stereocenters. The van der Waals surface area contributed by atoms with Gasteiger partial charge in [-0.1, -0.05) is 187 Å². The van der Waals surface area contributed by atoms with Crippen LogP contribution >= 0.6 is 7.60 Å². The Hall–Kier alpha value is 0.0800. The molecule has 0 fully saturated rings. The van der Waals surface area contributed by atoms with Crippen LogP contribution in [0, 0.1) is 0 Å². The molecule has 0 radical (unpaired) electrons. The maximum absolute atomic E-state index is 12.9. The van der Waals surface area contributed by atoms with Crippen LogP contribution < -0.4 is 0 Å². The normalized spacial score (nSPS) is 13.2. The Labute approximate surface area is 238 Å². The minimum Gasteiger partial charge on any atom is -0.307 e. The summed E-state index contributed by atoms with van der Waals surface area (Å²) in [5.41, 5.74) is 0. The molecule has 0 N–H and O–H groups in total. The second-order valence-electron chi connectivity index (χ2n) is 11.8. The number of hydrogen-bond acceptors (Lipinski definition) is 3. The molecule has 0 aliphatic rings. The van der Waals surface area contributed by atoms with Crippen molar-refractivity contribution in [2.24, 2.45) is 0 Å². The first kappa shape index (κ1) is 38.1. The summed E-state index contributed by atoms with van der Waals surface area (Å²) in [6, 6.07) is 0. The minimum atomic E-state index is -3.54. The van der Waals surface area contributed by atoms with Gasteiger partial charge in [0.2, 0.25) is 0 Å². The predicted molar refractivity (Wildman–Crippen MR) is 166 cm³/mol. The van der Waals surface area contributed by atoms with E-state index >= 15 is 0 Å². The monoisotopic (exact) mass is 562 g/mol. The van der Waals surface area contributed by atoms with Gasteiger partial charge in [0.25, 0.3) is 0 Å². The van der Waals surface area contributed by atoms with E-state index < -0.39 is 7.60 Å². The topological polar surface area (TPSA) is 35.5 Å². The van der Waals surface area contributed by atoms with Crippen molar-refractivity contribution in [2.75, 3.05) is 12.8 Å². The maximum atomic E-state index is 12.9. The summed E-state index contributed by atoms with van der Waals surface area (Å²) in [6.45, 7) is 4.89. The number of hydrogen-bond donors (Lipinski definition) is 0. The molecular weight excluding hydrogens is 494 g/mol. The lowest BCUT2D eigenvalue weighted by Crippen LogP contribution is -1.99. The molecule has 230 valence electrons. The molecule has 0 aromatic carbocycles. The van der Waals surface area contributed by atoms with Gasteiger partial charge in [-0.25, -0.2) is 0 Å². The third kappa shape index (κ3) is 29.1. The second kappa shape index (κ2) is 31.6. The SMILES string of the molecule is CCCCCCCCCCCCCCCCCCP(=O)(OF)OCCCCCCCCCCCCCCC. The fraction of sp³-hybridized carbons (Fsp3) is 1.00. The van der Waals surface area contributed by atoms with E-state index in [0.717, 1.165) is 32.1 Å². The third-order valence-electron chi connectivity index (χ3n) is 7.93. The third-order valence-corrected chi connectivity index (χ3v) is 9.58. The molecule has 0 amide bonds. The molecule has 0 rings (SSSR count). The highest BCUT2D eigenvalue weighted by Crippen LogP contribution is 2.49. The van der Waals surface area contributed by atoms with E-state index in [0.29, 0.717) is 6.61 Å². The molecule has 0 aliphatic heterocycles. The summed E-state index contributed by atoms with van der Waals surface area (Å²) in [5.74, 6) is 0. The van der Waals surface area contributed by atoms with Crippen LogP contribution in [0.2, 0.25) is 0 Å². The van der Waals surface area contributed by atoms with Gasteiger partial charge in [0.1, 0.15) is 0 Å². The summed E-state index contributed by atoms with van der Waals surface area (Å²) in [4.78, 5) is 0. The first-order valence-corrected chi connectivity index (χ1v) is 18.9. The van der Waals surface area contributed by atoms with E-state index in [4.69, 9.17) is 4.52 Å². The molecule has 0 aromatic heterocycles. The Morgan fingerprint density at radius 3 is 0.974 bits per heavy atom. The summed E-state index contributed by atoms with van der Waals surface area (Å²) in [5, 5.41) is 0. The Morgan fingerprint density at radius 2 is 0.684 bits per heavy atom. The molecule has 0 aliphatic carbocycles. The zero-order valence-corrected chi connectivity index (χ0v) is 26.9. The average molecular weight is 563 g/mol. The van der Waals surface area contributed by atoms with Gasteiger partial charge in [-0.15, -0.1) is 4.73 Å². The molecule has 5 heteroatoms. The van der Waals surface area contributed by atoms with E-state index in [1.54, 1.807) is 0 Å².